The third-order valence-electron chi connectivity index (χ3n) is 3.97. The number of nitrogens with zero attached hydrogens (tertiary/aromatic N) is 1. The van der Waals surface area contributed by atoms with Crippen molar-refractivity contribution in [3.63, 3.8) is 0 Å². The summed E-state index contributed by atoms with van der Waals surface area (Å²) in [5, 5.41) is 14.2. The van der Waals surface area contributed by atoms with Crippen molar-refractivity contribution < 1.29 is 18.4 Å². The molecule has 0 aliphatic rings. The second-order valence-electron chi connectivity index (χ2n) is 5.88. The van der Waals surface area contributed by atoms with E-state index in [9.17, 15) is 18.9 Å². The van der Waals surface area contributed by atoms with Gasteiger partial charge in [0.2, 0.25) is 5.75 Å². The van der Waals surface area contributed by atoms with Gasteiger partial charge in [0, 0.05) is 27.0 Å². The summed E-state index contributed by atoms with van der Waals surface area (Å²) in [5.74, 6) is -1.48. The summed E-state index contributed by atoms with van der Waals surface area (Å²) < 4.78 is 34.5. The summed E-state index contributed by atoms with van der Waals surface area (Å²) in [6, 6.07) is 10.9. The minimum absolute atomic E-state index is 0.0276. The first kappa shape index (κ1) is 19.8. The molecule has 0 aliphatic carbocycles. The molecule has 0 heterocycles. The Morgan fingerprint density at radius 1 is 1.11 bits per heavy atom. The Kier molecular flexibility index (Phi) is 5.63. The van der Waals surface area contributed by atoms with E-state index >= 15 is 0 Å². The molecule has 3 rings (SSSR count). The van der Waals surface area contributed by atoms with Crippen LogP contribution in [0.5, 0.6) is 11.5 Å². The van der Waals surface area contributed by atoms with Crippen LogP contribution in [0.25, 0.3) is 0 Å². The first-order chi connectivity index (χ1) is 13.3. The van der Waals surface area contributed by atoms with Gasteiger partial charge in [-0.25, -0.2) is 8.78 Å². The molecular formula is C19H14F2IN3O3. The Morgan fingerprint density at radius 2 is 1.86 bits per heavy atom. The average Bonchev–Trinajstić information content (AvgIpc) is 2.60. The van der Waals surface area contributed by atoms with E-state index in [0.29, 0.717) is 14.8 Å². The molecule has 0 spiro atoms. The lowest BCUT2D eigenvalue weighted by molar-refractivity contribution is -0.384. The number of nitro groups is 1. The van der Waals surface area contributed by atoms with Crippen LogP contribution in [-0.4, -0.2) is 4.92 Å². The number of nitrogens with one attached hydrogen (secondary N) is 1. The lowest BCUT2D eigenvalue weighted by atomic mass is 10.2. The predicted octanol–water partition coefficient (Wildman–Crippen LogP) is 5.90. The van der Waals surface area contributed by atoms with Gasteiger partial charge < -0.3 is 15.8 Å². The smallest absolute Gasteiger partial charge is 0.334 e. The standard InChI is InChI=1S/C19H14F2IN3O3/c1-10-14(23)3-2-4-17(10)28-18-8-11(20)7-16(19(18)25(26)27)24-15-6-5-12(22)9-13(15)21/h2-9,24H,23H2,1H3. The number of hydrogen-bond acceptors (Lipinski definition) is 5. The van der Waals surface area contributed by atoms with Crippen molar-refractivity contribution in [2.45, 2.75) is 6.92 Å². The lowest BCUT2D eigenvalue weighted by Crippen LogP contribution is -2.03. The fraction of sp³-hybridized carbons (Fsp3) is 0.0526. The zero-order chi connectivity index (χ0) is 20.4. The van der Waals surface area contributed by atoms with Crippen molar-refractivity contribution in [1.82, 2.24) is 0 Å². The first-order valence-electron chi connectivity index (χ1n) is 7.99. The van der Waals surface area contributed by atoms with Gasteiger partial charge >= 0.3 is 5.69 Å². The number of nitrogen functional groups attached to an aromatic ring is 1. The average molecular weight is 497 g/mol. The molecule has 0 amide bonds. The molecule has 0 aromatic heterocycles. The summed E-state index contributed by atoms with van der Waals surface area (Å²) >= 11 is 1.93. The normalized spacial score (nSPS) is 10.6. The van der Waals surface area contributed by atoms with Crippen LogP contribution in [0.4, 0.5) is 31.5 Å². The predicted molar refractivity (Wildman–Crippen MR) is 111 cm³/mol. The van der Waals surface area contributed by atoms with Gasteiger partial charge in [0.15, 0.2) is 0 Å². The summed E-state index contributed by atoms with van der Waals surface area (Å²) in [5.41, 5.74) is 6.01. The number of benzene rings is 3. The third-order valence-corrected chi connectivity index (χ3v) is 4.64. The Hall–Kier alpha value is -2.95. The molecular weight excluding hydrogens is 483 g/mol. The van der Waals surface area contributed by atoms with Crippen molar-refractivity contribution in [3.8, 4) is 11.5 Å². The summed E-state index contributed by atoms with van der Waals surface area (Å²) in [6.45, 7) is 1.68. The molecule has 0 saturated heterocycles. The molecule has 28 heavy (non-hydrogen) atoms. The topological polar surface area (TPSA) is 90.4 Å². The Bertz CT molecular complexity index is 1080. The van der Waals surface area contributed by atoms with E-state index in [4.69, 9.17) is 10.5 Å². The van der Waals surface area contributed by atoms with Crippen molar-refractivity contribution >= 4 is 45.3 Å². The molecule has 0 radical (unpaired) electrons. The van der Waals surface area contributed by atoms with Crippen molar-refractivity contribution in [2.24, 2.45) is 0 Å². The van der Waals surface area contributed by atoms with Crippen LogP contribution in [-0.2, 0) is 0 Å². The van der Waals surface area contributed by atoms with Gasteiger partial charge in [-0.3, -0.25) is 10.1 Å². The summed E-state index contributed by atoms with van der Waals surface area (Å²) in [6.07, 6.45) is 0. The highest BCUT2D eigenvalue weighted by atomic mass is 127. The first-order valence-corrected chi connectivity index (χ1v) is 9.07. The van der Waals surface area contributed by atoms with Crippen LogP contribution >= 0.6 is 22.6 Å². The number of hydrogen-bond donors (Lipinski definition) is 2. The minimum Gasteiger partial charge on any atom is -0.450 e. The van der Waals surface area contributed by atoms with E-state index in [2.05, 4.69) is 5.32 Å². The van der Waals surface area contributed by atoms with Crippen LogP contribution in [0.2, 0.25) is 0 Å². The zero-order valence-electron chi connectivity index (χ0n) is 14.5. The molecule has 0 bridgehead atoms. The van der Waals surface area contributed by atoms with Crippen molar-refractivity contribution in [2.75, 3.05) is 11.1 Å². The highest BCUT2D eigenvalue weighted by Crippen LogP contribution is 2.41. The molecule has 0 aliphatic heterocycles. The maximum Gasteiger partial charge on any atom is 0.334 e. The number of rotatable bonds is 5. The van der Waals surface area contributed by atoms with Crippen LogP contribution in [0.15, 0.2) is 48.5 Å². The van der Waals surface area contributed by atoms with E-state index in [0.717, 1.165) is 12.1 Å². The molecule has 3 aromatic carbocycles. The lowest BCUT2D eigenvalue weighted by Gasteiger charge is -2.14. The summed E-state index contributed by atoms with van der Waals surface area (Å²) in [7, 11) is 0. The van der Waals surface area contributed by atoms with E-state index in [1.165, 1.54) is 12.1 Å². The maximum atomic E-state index is 14.2. The Labute approximate surface area is 172 Å². The minimum atomic E-state index is -0.782. The van der Waals surface area contributed by atoms with Gasteiger partial charge in [0.25, 0.3) is 0 Å². The van der Waals surface area contributed by atoms with Gasteiger partial charge in [-0.15, -0.1) is 0 Å². The molecule has 9 heteroatoms. The number of nitrogens with two attached hydrogens (primary N) is 1. The third kappa shape index (κ3) is 4.14. The van der Waals surface area contributed by atoms with Gasteiger partial charge in [-0.2, -0.15) is 0 Å². The zero-order valence-corrected chi connectivity index (χ0v) is 16.7. The SMILES string of the molecule is Cc1c(N)cccc1Oc1cc(F)cc(Nc2ccc(I)cc2F)c1[N+](=O)[O-]. The van der Waals surface area contributed by atoms with Gasteiger partial charge in [0.1, 0.15) is 23.1 Å². The van der Waals surface area contributed by atoms with Gasteiger partial charge in [0.05, 0.1) is 10.6 Å². The van der Waals surface area contributed by atoms with Crippen LogP contribution < -0.4 is 15.8 Å². The second-order valence-corrected chi connectivity index (χ2v) is 7.12. The molecule has 3 aromatic rings. The van der Waals surface area contributed by atoms with E-state index < -0.39 is 22.2 Å². The van der Waals surface area contributed by atoms with E-state index in [1.807, 2.05) is 22.6 Å². The number of nitro benzene ring substituents is 1. The van der Waals surface area contributed by atoms with E-state index in [1.54, 1.807) is 31.2 Å². The van der Waals surface area contributed by atoms with Crippen LogP contribution in [0.1, 0.15) is 5.56 Å². The molecule has 0 unspecified atom stereocenters. The van der Waals surface area contributed by atoms with Crippen LogP contribution in [0, 0.1) is 32.2 Å². The number of halogens is 3. The van der Waals surface area contributed by atoms with Crippen molar-refractivity contribution in [3.05, 3.63) is 79.4 Å². The molecule has 0 atom stereocenters. The quantitative estimate of drug-likeness (QED) is 0.198. The maximum absolute atomic E-state index is 14.2. The van der Waals surface area contributed by atoms with Crippen molar-refractivity contribution in [1.29, 1.82) is 0 Å². The molecule has 0 saturated carbocycles. The fourth-order valence-electron chi connectivity index (χ4n) is 2.53. The highest BCUT2D eigenvalue weighted by molar-refractivity contribution is 14.1. The van der Waals surface area contributed by atoms with E-state index in [-0.39, 0.29) is 22.9 Å². The Morgan fingerprint density at radius 3 is 2.54 bits per heavy atom. The monoisotopic (exact) mass is 497 g/mol. The van der Waals surface area contributed by atoms with Crippen LogP contribution in [0.3, 0.4) is 0 Å². The molecule has 3 N–H and O–H groups in total. The largest absolute Gasteiger partial charge is 0.450 e. The second kappa shape index (κ2) is 7.97. The molecule has 6 nitrogen and oxygen atoms in total. The van der Waals surface area contributed by atoms with Gasteiger partial charge in [-0.1, -0.05) is 6.07 Å². The number of anilines is 3. The highest BCUT2D eigenvalue weighted by Gasteiger charge is 2.25. The summed E-state index contributed by atoms with van der Waals surface area (Å²) in [4.78, 5) is 10.9. The molecule has 0 fully saturated rings. The Balaban J connectivity index is 2.08. The number of ether oxygens (including phenoxy) is 1. The van der Waals surface area contributed by atoms with Gasteiger partial charge in [-0.05, 0) is 59.8 Å². The molecule has 144 valence electrons. The fourth-order valence-corrected chi connectivity index (χ4v) is 2.99.